The number of fused-ring (bicyclic) bond motifs is 1. The van der Waals surface area contributed by atoms with Crippen molar-refractivity contribution in [3.63, 3.8) is 0 Å². The Morgan fingerprint density at radius 2 is 1.80 bits per heavy atom. The van der Waals surface area contributed by atoms with Crippen molar-refractivity contribution >= 4 is 38.3 Å². The van der Waals surface area contributed by atoms with E-state index in [1.54, 1.807) is 6.07 Å². The van der Waals surface area contributed by atoms with Crippen LogP contribution in [0, 0.1) is 6.92 Å². The van der Waals surface area contributed by atoms with Gasteiger partial charge in [0.15, 0.2) is 5.13 Å². The topological polar surface area (TPSA) is 79.3 Å². The first-order valence-electron chi connectivity index (χ1n) is 11.9. The summed E-state index contributed by atoms with van der Waals surface area (Å²) in [7, 11) is 2.10. The maximum Gasteiger partial charge on any atom is 0.261 e. The first kappa shape index (κ1) is 23.3. The maximum atomic E-state index is 13.6. The van der Waals surface area contributed by atoms with Gasteiger partial charge in [0.05, 0.1) is 21.5 Å². The molecule has 2 aromatic heterocycles. The fourth-order valence-corrected chi connectivity index (χ4v) is 5.62. The van der Waals surface area contributed by atoms with Crippen LogP contribution in [0.1, 0.15) is 40.5 Å². The minimum atomic E-state index is -0.265. The number of rotatable bonds is 6. The number of hydrogen-bond donors (Lipinski definition) is 2. The van der Waals surface area contributed by atoms with E-state index in [-0.39, 0.29) is 17.5 Å². The lowest BCUT2D eigenvalue weighted by Crippen LogP contribution is -2.37. The highest BCUT2D eigenvalue weighted by atomic mass is 32.1. The van der Waals surface area contributed by atoms with Gasteiger partial charge in [0, 0.05) is 24.3 Å². The zero-order valence-electron chi connectivity index (χ0n) is 20.0. The van der Waals surface area contributed by atoms with E-state index in [0.29, 0.717) is 28.6 Å². The highest BCUT2D eigenvalue weighted by Gasteiger charge is 2.26. The molecule has 35 heavy (non-hydrogen) atoms. The molecule has 1 aliphatic heterocycles. The Labute approximate surface area is 208 Å². The van der Waals surface area contributed by atoms with Gasteiger partial charge in [-0.1, -0.05) is 53.8 Å². The Morgan fingerprint density at radius 1 is 1.09 bits per heavy atom. The van der Waals surface area contributed by atoms with Gasteiger partial charge >= 0.3 is 0 Å². The number of anilines is 2. The molecule has 0 unspecified atom stereocenters. The highest BCUT2D eigenvalue weighted by molar-refractivity contribution is 7.22. The number of carbonyl (C=O) groups excluding carboxylic acids is 1. The van der Waals surface area contributed by atoms with E-state index in [1.165, 1.54) is 11.3 Å². The van der Waals surface area contributed by atoms with Gasteiger partial charge in [0.1, 0.15) is 0 Å². The van der Waals surface area contributed by atoms with Gasteiger partial charge in [-0.25, -0.2) is 4.98 Å². The van der Waals surface area contributed by atoms with Crippen molar-refractivity contribution < 1.29 is 4.79 Å². The predicted molar refractivity (Wildman–Crippen MR) is 143 cm³/mol. The molecule has 4 aromatic rings. The fraction of sp³-hybridized carbons (Fsp3) is 0.296. The summed E-state index contributed by atoms with van der Waals surface area (Å²) in [6.45, 7) is 4.25. The summed E-state index contributed by atoms with van der Waals surface area (Å²) in [4.78, 5) is 33.7. The molecule has 1 fully saturated rings. The van der Waals surface area contributed by atoms with Gasteiger partial charge in [0.2, 0.25) is 0 Å². The smallest absolute Gasteiger partial charge is 0.261 e. The van der Waals surface area contributed by atoms with Crippen molar-refractivity contribution in [2.24, 2.45) is 0 Å². The zero-order valence-corrected chi connectivity index (χ0v) is 20.8. The van der Waals surface area contributed by atoms with Gasteiger partial charge < -0.3 is 14.8 Å². The number of pyridine rings is 1. The lowest BCUT2D eigenvalue weighted by atomic mass is 10.0. The lowest BCUT2D eigenvalue weighted by molar-refractivity contribution is 0.102. The molecule has 0 radical (unpaired) electrons. The monoisotopic (exact) mass is 487 g/mol. The van der Waals surface area contributed by atoms with Crippen LogP contribution in [0.25, 0.3) is 10.2 Å². The van der Waals surface area contributed by atoms with E-state index in [4.69, 9.17) is 0 Å². The summed E-state index contributed by atoms with van der Waals surface area (Å²) in [5.74, 6) is -0.265. The third kappa shape index (κ3) is 4.99. The van der Waals surface area contributed by atoms with E-state index in [2.05, 4.69) is 27.6 Å². The van der Waals surface area contributed by atoms with Crippen LogP contribution in [0.3, 0.4) is 0 Å². The van der Waals surface area contributed by atoms with Crippen LogP contribution in [0.4, 0.5) is 10.8 Å². The molecule has 0 aliphatic carbocycles. The number of benzene rings is 2. The van der Waals surface area contributed by atoms with Crippen molar-refractivity contribution in [1.29, 1.82) is 0 Å². The van der Waals surface area contributed by atoms with Gasteiger partial charge in [0.25, 0.3) is 11.5 Å². The van der Waals surface area contributed by atoms with E-state index in [9.17, 15) is 9.59 Å². The molecule has 7 nitrogen and oxygen atoms in total. The SMILES string of the molecule is Cc1c(C(=O)Nc2nc3ccccc3s2)c(NCc2ccccc2)cc(=O)n1C1CCN(C)CC1. The Morgan fingerprint density at radius 3 is 2.54 bits per heavy atom. The quantitative estimate of drug-likeness (QED) is 0.405. The third-order valence-electron chi connectivity index (χ3n) is 6.62. The van der Waals surface area contributed by atoms with Crippen LogP contribution in [0.5, 0.6) is 0 Å². The van der Waals surface area contributed by atoms with Crippen LogP contribution in [0.2, 0.25) is 0 Å². The molecule has 1 saturated heterocycles. The molecule has 180 valence electrons. The molecule has 0 spiro atoms. The molecule has 0 atom stereocenters. The second-order valence-corrected chi connectivity index (χ2v) is 10.1. The van der Waals surface area contributed by atoms with Gasteiger partial charge in [-0.2, -0.15) is 0 Å². The number of amides is 1. The summed E-state index contributed by atoms with van der Waals surface area (Å²) in [5, 5.41) is 6.87. The van der Waals surface area contributed by atoms with Crippen LogP contribution >= 0.6 is 11.3 Å². The molecular weight excluding hydrogens is 458 g/mol. The Hall–Kier alpha value is -3.49. The predicted octanol–water partition coefficient (Wildman–Crippen LogP) is 4.90. The largest absolute Gasteiger partial charge is 0.380 e. The summed E-state index contributed by atoms with van der Waals surface area (Å²) in [5.41, 5.74) is 3.55. The second-order valence-electron chi connectivity index (χ2n) is 9.04. The molecule has 1 aliphatic rings. The summed E-state index contributed by atoms with van der Waals surface area (Å²) < 4.78 is 2.83. The van der Waals surface area contributed by atoms with Gasteiger partial charge in [-0.15, -0.1) is 0 Å². The van der Waals surface area contributed by atoms with E-state index < -0.39 is 0 Å². The number of thiazole rings is 1. The highest BCUT2D eigenvalue weighted by Crippen LogP contribution is 2.29. The average molecular weight is 488 g/mol. The van der Waals surface area contributed by atoms with Crippen molar-refractivity contribution in [2.75, 3.05) is 30.8 Å². The number of aromatic nitrogens is 2. The van der Waals surface area contributed by atoms with E-state index in [0.717, 1.165) is 41.7 Å². The van der Waals surface area contributed by atoms with E-state index >= 15 is 0 Å². The average Bonchev–Trinajstić information content (AvgIpc) is 3.26. The Bertz CT molecular complexity index is 1370. The molecular formula is C27H29N5O2S. The van der Waals surface area contributed by atoms with Crippen molar-refractivity contribution in [2.45, 2.75) is 32.4 Å². The normalized spacial score (nSPS) is 14.8. The standard InChI is InChI=1S/C27H29N5O2S/c1-18-25(26(34)30-27-29-21-10-6-7-11-23(21)35-27)22(28-17-19-8-4-3-5-9-19)16-24(33)32(18)20-12-14-31(2)15-13-20/h3-11,16,20,28H,12-15,17H2,1-2H3,(H,29,30,34). The molecule has 2 N–H and O–H groups in total. The van der Waals surface area contributed by atoms with E-state index in [1.807, 2.05) is 66.1 Å². The van der Waals surface area contributed by atoms with Crippen LogP contribution in [0.15, 0.2) is 65.5 Å². The maximum absolute atomic E-state index is 13.6. The molecule has 0 saturated carbocycles. The Kier molecular flexibility index (Phi) is 6.66. The summed E-state index contributed by atoms with van der Waals surface area (Å²) in [6, 6.07) is 19.4. The first-order chi connectivity index (χ1) is 17.0. The number of hydrogen-bond acceptors (Lipinski definition) is 6. The minimum Gasteiger partial charge on any atom is -0.380 e. The van der Waals surface area contributed by atoms with Gasteiger partial charge in [-0.3, -0.25) is 14.9 Å². The van der Waals surface area contributed by atoms with Gasteiger partial charge in [-0.05, 0) is 57.6 Å². The summed E-state index contributed by atoms with van der Waals surface area (Å²) in [6.07, 6.45) is 1.76. The number of nitrogens with one attached hydrogen (secondary N) is 2. The van der Waals surface area contributed by atoms with Crippen molar-refractivity contribution in [3.05, 3.63) is 87.8 Å². The molecule has 3 heterocycles. The second kappa shape index (κ2) is 10.0. The van der Waals surface area contributed by atoms with Crippen molar-refractivity contribution in [1.82, 2.24) is 14.5 Å². The number of likely N-dealkylation sites (tertiary alicyclic amines) is 1. The molecule has 0 bridgehead atoms. The molecule has 5 rings (SSSR count). The van der Waals surface area contributed by atoms with Crippen LogP contribution in [-0.4, -0.2) is 40.5 Å². The summed E-state index contributed by atoms with van der Waals surface area (Å²) >= 11 is 1.44. The fourth-order valence-electron chi connectivity index (χ4n) is 4.76. The Balaban J connectivity index is 1.51. The van der Waals surface area contributed by atoms with Crippen LogP contribution in [-0.2, 0) is 6.54 Å². The molecule has 2 aromatic carbocycles. The zero-order chi connectivity index (χ0) is 24.4. The molecule has 8 heteroatoms. The minimum absolute atomic E-state index is 0.0795. The van der Waals surface area contributed by atoms with Crippen LogP contribution < -0.4 is 16.2 Å². The number of piperidine rings is 1. The lowest BCUT2D eigenvalue weighted by Gasteiger charge is -2.32. The molecule has 1 amide bonds. The number of carbonyl (C=O) groups is 1. The number of para-hydroxylation sites is 1. The third-order valence-corrected chi connectivity index (χ3v) is 7.57. The first-order valence-corrected chi connectivity index (χ1v) is 12.7. The number of nitrogens with zero attached hydrogens (tertiary/aromatic N) is 3. The van der Waals surface area contributed by atoms with Crippen molar-refractivity contribution in [3.8, 4) is 0 Å².